The molecule has 3 rings (SSSR count). The third-order valence-corrected chi connectivity index (χ3v) is 4.04. The van der Waals surface area contributed by atoms with Crippen molar-refractivity contribution in [2.75, 3.05) is 50.0 Å². The summed E-state index contributed by atoms with van der Waals surface area (Å²) in [7, 11) is 0. The van der Waals surface area contributed by atoms with Crippen LogP contribution in [0.25, 0.3) is 0 Å². The van der Waals surface area contributed by atoms with E-state index < -0.39 is 0 Å². The number of anilines is 2. The van der Waals surface area contributed by atoms with E-state index >= 15 is 0 Å². The molecule has 0 bridgehead atoms. The molecule has 0 spiro atoms. The third kappa shape index (κ3) is 4.67. The van der Waals surface area contributed by atoms with Crippen molar-refractivity contribution in [3.8, 4) is 0 Å². The molecule has 7 nitrogen and oxygen atoms in total. The Labute approximate surface area is 147 Å². The van der Waals surface area contributed by atoms with Gasteiger partial charge in [0.05, 0.1) is 18.8 Å². The summed E-state index contributed by atoms with van der Waals surface area (Å²) in [5.41, 5.74) is 1.72. The first-order valence-corrected chi connectivity index (χ1v) is 8.46. The van der Waals surface area contributed by atoms with E-state index in [1.165, 1.54) is 0 Å². The number of morpholine rings is 1. The van der Waals surface area contributed by atoms with Gasteiger partial charge >= 0.3 is 0 Å². The van der Waals surface area contributed by atoms with Gasteiger partial charge in [-0.1, -0.05) is 6.07 Å². The summed E-state index contributed by atoms with van der Waals surface area (Å²) in [6, 6.07) is 7.58. The number of nitrogens with zero attached hydrogens (tertiary/aromatic N) is 3. The number of carbonyl (C=O) groups excluding carboxylic acids is 1. The van der Waals surface area contributed by atoms with E-state index in [0.717, 1.165) is 23.7 Å². The maximum Gasteiger partial charge on any atom is 0.255 e. The molecule has 0 unspecified atom stereocenters. The van der Waals surface area contributed by atoms with E-state index in [1.807, 2.05) is 31.2 Å². The molecule has 0 aliphatic carbocycles. The molecule has 7 heteroatoms. The van der Waals surface area contributed by atoms with Crippen molar-refractivity contribution in [2.45, 2.75) is 6.92 Å². The maximum absolute atomic E-state index is 12.4. The van der Waals surface area contributed by atoms with E-state index in [9.17, 15) is 4.79 Å². The first-order chi connectivity index (χ1) is 12.2. The van der Waals surface area contributed by atoms with Crippen molar-refractivity contribution < 1.29 is 9.53 Å². The lowest BCUT2D eigenvalue weighted by atomic mass is 10.2. The normalized spacial score (nSPS) is 14.2. The molecule has 0 atom stereocenters. The summed E-state index contributed by atoms with van der Waals surface area (Å²) >= 11 is 0. The largest absolute Gasteiger partial charge is 0.378 e. The van der Waals surface area contributed by atoms with E-state index in [2.05, 4.69) is 20.6 Å². The van der Waals surface area contributed by atoms with Gasteiger partial charge in [0, 0.05) is 38.6 Å². The molecular weight excluding hydrogens is 318 g/mol. The van der Waals surface area contributed by atoms with Gasteiger partial charge in [0.1, 0.15) is 11.6 Å². The quantitative estimate of drug-likeness (QED) is 0.780. The fourth-order valence-corrected chi connectivity index (χ4v) is 2.62. The topological polar surface area (TPSA) is 79.4 Å². The van der Waals surface area contributed by atoms with Crippen molar-refractivity contribution in [3.05, 3.63) is 47.8 Å². The number of amides is 1. The average molecular weight is 341 g/mol. The Kier molecular flexibility index (Phi) is 5.79. The van der Waals surface area contributed by atoms with Crippen LogP contribution >= 0.6 is 0 Å². The van der Waals surface area contributed by atoms with E-state index in [0.29, 0.717) is 38.4 Å². The minimum absolute atomic E-state index is 0.00893. The highest BCUT2D eigenvalue weighted by Crippen LogP contribution is 2.10. The van der Waals surface area contributed by atoms with Crippen LogP contribution in [0.4, 0.5) is 11.6 Å². The number of rotatable bonds is 6. The van der Waals surface area contributed by atoms with Gasteiger partial charge in [0.2, 0.25) is 0 Å². The minimum atomic E-state index is 0.00893. The first kappa shape index (κ1) is 17.2. The van der Waals surface area contributed by atoms with Gasteiger partial charge < -0.3 is 20.3 Å². The van der Waals surface area contributed by atoms with E-state index in [4.69, 9.17) is 4.74 Å². The molecule has 1 aliphatic heterocycles. The Hall–Kier alpha value is -2.67. The highest BCUT2D eigenvalue weighted by Gasteiger charge is 2.18. The second kappa shape index (κ2) is 8.43. The van der Waals surface area contributed by atoms with Crippen LogP contribution in [0.5, 0.6) is 0 Å². The molecule has 25 heavy (non-hydrogen) atoms. The zero-order chi connectivity index (χ0) is 17.5. The lowest BCUT2D eigenvalue weighted by Crippen LogP contribution is -2.40. The number of aryl methyl sites for hydroxylation is 1. The standard InChI is InChI=1S/C18H23N5O2/c1-14-3-2-6-20-17(14)21-8-7-19-16-5-4-15(13-22-16)18(24)23-9-11-25-12-10-23/h2-6,13H,7-12H2,1H3,(H,19,22)(H,20,21). The molecule has 2 aromatic rings. The molecule has 1 aliphatic rings. The number of carbonyl (C=O) groups is 1. The van der Waals surface area contributed by atoms with Gasteiger partial charge in [-0.15, -0.1) is 0 Å². The van der Waals surface area contributed by atoms with Crippen LogP contribution in [-0.2, 0) is 4.74 Å². The van der Waals surface area contributed by atoms with Gasteiger partial charge in [-0.25, -0.2) is 9.97 Å². The van der Waals surface area contributed by atoms with Crippen LogP contribution in [0, 0.1) is 6.92 Å². The lowest BCUT2D eigenvalue weighted by Gasteiger charge is -2.26. The molecule has 2 N–H and O–H groups in total. The van der Waals surface area contributed by atoms with Crippen LogP contribution in [-0.4, -0.2) is 60.2 Å². The lowest BCUT2D eigenvalue weighted by molar-refractivity contribution is 0.0302. The highest BCUT2D eigenvalue weighted by atomic mass is 16.5. The van der Waals surface area contributed by atoms with Gasteiger partial charge in [-0.2, -0.15) is 0 Å². The molecule has 1 saturated heterocycles. The molecule has 3 heterocycles. The Balaban J connectivity index is 1.46. The Morgan fingerprint density at radius 2 is 1.96 bits per heavy atom. The fraction of sp³-hybridized carbons (Fsp3) is 0.389. The second-order valence-corrected chi connectivity index (χ2v) is 5.86. The molecule has 0 radical (unpaired) electrons. The molecular formula is C18H23N5O2. The second-order valence-electron chi connectivity index (χ2n) is 5.86. The van der Waals surface area contributed by atoms with Crippen molar-refractivity contribution in [1.29, 1.82) is 0 Å². The number of pyridine rings is 2. The summed E-state index contributed by atoms with van der Waals surface area (Å²) in [5.74, 6) is 1.65. The van der Waals surface area contributed by atoms with Gasteiger partial charge in [-0.05, 0) is 30.7 Å². The van der Waals surface area contributed by atoms with Crippen LogP contribution in [0.15, 0.2) is 36.7 Å². The number of hydrogen-bond donors (Lipinski definition) is 2. The van der Waals surface area contributed by atoms with Gasteiger partial charge in [-0.3, -0.25) is 4.79 Å². The number of aromatic nitrogens is 2. The van der Waals surface area contributed by atoms with Crippen molar-refractivity contribution in [1.82, 2.24) is 14.9 Å². The number of hydrogen-bond acceptors (Lipinski definition) is 6. The molecule has 0 saturated carbocycles. The summed E-state index contributed by atoms with van der Waals surface area (Å²) in [5, 5.41) is 6.52. The predicted molar refractivity (Wildman–Crippen MR) is 96.9 cm³/mol. The van der Waals surface area contributed by atoms with Crippen LogP contribution in [0.2, 0.25) is 0 Å². The Morgan fingerprint density at radius 3 is 2.68 bits per heavy atom. The summed E-state index contributed by atoms with van der Waals surface area (Å²) in [6.45, 7) is 5.93. The predicted octanol–water partition coefficient (Wildman–Crippen LogP) is 1.78. The number of ether oxygens (including phenoxy) is 1. The van der Waals surface area contributed by atoms with Gasteiger partial charge in [0.15, 0.2) is 0 Å². The SMILES string of the molecule is Cc1cccnc1NCCNc1ccc(C(=O)N2CCOCC2)cn1. The molecule has 0 aromatic carbocycles. The van der Waals surface area contributed by atoms with Crippen LogP contribution in [0.3, 0.4) is 0 Å². The average Bonchev–Trinajstić information content (AvgIpc) is 2.67. The monoisotopic (exact) mass is 341 g/mol. The summed E-state index contributed by atoms with van der Waals surface area (Å²) in [6.07, 6.45) is 3.39. The van der Waals surface area contributed by atoms with E-state index in [-0.39, 0.29) is 5.91 Å². The number of nitrogens with one attached hydrogen (secondary N) is 2. The summed E-state index contributed by atoms with van der Waals surface area (Å²) in [4.78, 5) is 22.8. The Morgan fingerprint density at radius 1 is 1.16 bits per heavy atom. The molecule has 1 fully saturated rings. The first-order valence-electron chi connectivity index (χ1n) is 8.46. The summed E-state index contributed by atoms with van der Waals surface area (Å²) < 4.78 is 5.27. The maximum atomic E-state index is 12.4. The zero-order valence-electron chi connectivity index (χ0n) is 14.4. The van der Waals surface area contributed by atoms with Crippen molar-refractivity contribution >= 4 is 17.5 Å². The minimum Gasteiger partial charge on any atom is -0.378 e. The third-order valence-electron chi connectivity index (χ3n) is 4.04. The molecule has 1 amide bonds. The van der Waals surface area contributed by atoms with Gasteiger partial charge in [0.25, 0.3) is 5.91 Å². The molecule has 132 valence electrons. The van der Waals surface area contributed by atoms with Crippen LogP contribution < -0.4 is 10.6 Å². The zero-order valence-corrected chi connectivity index (χ0v) is 14.4. The van der Waals surface area contributed by atoms with Crippen molar-refractivity contribution in [2.24, 2.45) is 0 Å². The molecule has 2 aromatic heterocycles. The fourth-order valence-electron chi connectivity index (χ4n) is 2.62. The van der Waals surface area contributed by atoms with Crippen molar-refractivity contribution in [3.63, 3.8) is 0 Å². The van der Waals surface area contributed by atoms with E-state index in [1.54, 1.807) is 17.3 Å². The van der Waals surface area contributed by atoms with Crippen LogP contribution in [0.1, 0.15) is 15.9 Å². The Bertz CT molecular complexity index is 699. The smallest absolute Gasteiger partial charge is 0.255 e. The highest BCUT2D eigenvalue weighted by molar-refractivity contribution is 5.94.